The van der Waals surface area contributed by atoms with Gasteiger partial charge < -0.3 is 4.98 Å². The Morgan fingerprint density at radius 3 is 2.92 bits per heavy atom. The van der Waals surface area contributed by atoms with Crippen LogP contribution in [-0.4, -0.2) is 15.7 Å². The van der Waals surface area contributed by atoms with Gasteiger partial charge in [0, 0.05) is 5.69 Å². The molecule has 0 saturated carbocycles. The molecule has 1 rings (SSSR count). The Bertz CT molecular complexity index is 294. The van der Waals surface area contributed by atoms with Gasteiger partial charge in [-0.25, -0.2) is 4.79 Å². The van der Waals surface area contributed by atoms with Crippen LogP contribution in [0.4, 0.5) is 0 Å². The molecule has 0 spiro atoms. The molecule has 0 fully saturated rings. The van der Waals surface area contributed by atoms with E-state index in [1.54, 1.807) is 11.8 Å². The predicted octanol–water partition coefficient (Wildman–Crippen LogP) is 1.83. The SMILES string of the molecule is CCCc1cc(SCC)nc(=O)[nH]1. The van der Waals surface area contributed by atoms with Crippen LogP contribution in [0, 0.1) is 0 Å². The van der Waals surface area contributed by atoms with Crippen LogP contribution in [0.25, 0.3) is 0 Å². The van der Waals surface area contributed by atoms with Gasteiger partial charge in [0.15, 0.2) is 0 Å². The summed E-state index contributed by atoms with van der Waals surface area (Å²) < 4.78 is 0. The normalized spacial score (nSPS) is 10.3. The zero-order chi connectivity index (χ0) is 9.68. The number of thioether (sulfide) groups is 1. The van der Waals surface area contributed by atoms with Crippen molar-refractivity contribution in [1.82, 2.24) is 9.97 Å². The first kappa shape index (κ1) is 10.3. The lowest BCUT2D eigenvalue weighted by Crippen LogP contribution is -2.13. The van der Waals surface area contributed by atoms with E-state index in [0.717, 1.165) is 29.3 Å². The summed E-state index contributed by atoms with van der Waals surface area (Å²) in [5.74, 6) is 0.946. The van der Waals surface area contributed by atoms with Crippen LogP contribution in [0.15, 0.2) is 15.9 Å². The quantitative estimate of drug-likeness (QED) is 0.593. The summed E-state index contributed by atoms with van der Waals surface area (Å²) in [7, 11) is 0. The molecule has 0 saturated heterocycles. The summed E-state index contributed by atoms with van der Waals surface area (Å²) in [6.45, 7) is 4.14. The molecule has 0 aromatic carbocycles. The molecular weight excluding hydrogens is 184 g/mol. The molecule has 0 atom stereocenters. The average molecular weight is 198 g/mol. The van der Waals surface area contributed by atoms with Gasteiger partial charge in [-0.3, -0.25) is 0 Å². The zero-order valence-electron chi connectivity index (χ0n) is 7.96. The van der Waals surface area contributed by atoms with Crippen molar-refractivity contribution in [3.8, 4) is 0 Å². The number of aryl methyl sites for hydroxylation is 1. The summed E-state index contributed by atoms with van der Waals surface area (Å²) in [6, 6.07) is 1.96. The number of nitrogens with one attached hydrogen (secondary N) is 1. The van der Waals surface area contributed by atoms with Gasteiger partial charge in [0.1, 0.15) is 5.03 Å². The molecule has 0 aliphatic heterocycles. The molecule has 4 heteroatoms. The fourth-order valence-corrected chi connectivity index (χ4v) is 1.78. The van der Waals surface area contributed by atoms with Crippen LogP contribution in [0.2, 0.25) is 0 Å². The maximum atomic E-state index is 11.1. The Kier molecular flexibility index (Phi) is 4.02. The van der Waals surface area contributed by atoms with Crippen molar-refractivity contribution >= 4 is 11.8 Å². The number of aromatic nitrogens is 2. The Morgan fingerprint density at radius 1 is 1.54 bits per heavy atom. The summed E-state index contributed by atoms with van der Waals surface area (Å²) in [5.41, 5.74) is 0.750. The molecule has 0 amide bonds. The van der Waals surface area contributed by atoms with Crippen LogP contribution in [0.5, 0.6) is 0 Å². The standard InChI is InChI=1S/C9H14N2OS/c1-3-5-7-6-8(13-4-2)11-9(12)10-7/h6H,3-5H2,1-2H3,(H,10,11,12). The summed E-state index contributed by atoms with van der Waals surface area (Å²) in [5, 5.41) is 0.828. The first-order chi connectivity index (χ1) is 6.26. The van der Waals surface area contributed by atoms with E-state index in [0.29, 0.717) is 0 Å². The van der Waals surface area contributed by atoms with Gasteiger partial charge in [-0.15, -0.1) is 11.8 Å². The highest BCUT2D eigenvalue weighted by atomic mass is 32.2. The summed E-state index contributed by atoms with van der Waals surface area (Å²) in [4.78, 5) is 17.7. The van der Waals surface area contributed by atoms with Crippen molar-refractivity contribution in [3.05, 3.63) is 22.2 Å². The minimum absolute atomic E-state index is 0.234. The van der Waals surface area contributed by atoms with Crippen molar-refractivity contribution in [2.75, 3.05) is 5.75 Å². The van der Waals surface area contributed by atoms with Crippen molar-refractivity contribution in [3.63, 3.8) is 0 Å². The molecule has 1 N–H and O–H groups in total. The molecule has 0 unspecified atom stereocenters. The van der Waals surface area contributed by atoms with Crippen LogP contribution in [0.3, 0.4) is 0 Å². The van der Waals surface area contributed by atoms with Gasteiger partial charge in [-0.2, -0.15) is 4.98 Å². The largest absolute Gasteiger partial charge is 0.346 e. The molecule has 0 bridgehead atoms. The average Bonchev–Trinajstić information content (AvgIpc) is 2.04. The van der Waals surface area contributed by atoms with Crippen molar-refractivity contribution < 1.29 is 0 Å². The van der Waals surface area contributed by atoms with E-state index in [9.17, 15) is 4.79 Å². The number of H-pyrrole nitrogens is 1. The van der Waals surface area contributed by atoms with Crippen molar-refractivity contribution in [2.24, 2.45) is 0 Å². The summed E-state index contributed by atoms with van der Waals surface area (Å²) in [6.07, 6.45) is 1.95. The number of hydrogen-bond donors (Lipinski definition) is 1. The Labute approximate surface area is 82.0 Å². The monoisotopic (exact) mass is 198 g/mol. The Balaban J connectivity index is 2.90. The molecule has 0 radical (unpaired) electrons. The smallest absolute Gasteiger partial charge is 0.310 e. The molecular formula is C9H14N2OS. The van der Waals surface area contributed by atoms with Gasteiger partial charge in [0.2, 0.25) is 0 Å². The van der Waals surface area contributed by atoms with E-state index in [2.05, 4.69) is 16.9 Å². The third kappa shape index (κ3) is 3.22. The molecule has 1 heterocycles. The first-order valence-electron chi connectivity index (χ1n) is 4.49. The number of rotatable bonds is 4. The van der Waals surface area contributed by atoms with E-state index < -0.39 is 0 Å². The highest BCUT2D eigenvalue weighted by molar-refractivity contribution is 7.99. The van der Waals surface area contributed by atoms with E-state index in [1.807, 2.05) is 13.0 Å². The maximum absolute atomic E-state index is 11.1. The van der Waals surface area contributed by atoms with E-state index in [1.165, 1.54) is 0 Å². The van der Waals surface area contributed by atoms with Crippen LogP contribution >= 0.6 is 11.8 Å². The molecule has 13 heavy (non-hydrogen) atoms. The Morgan fingerprint density at radius 2 is 2.31 bits per heavy atom. The highest BCUT2D eigenvalue weighted by Crippen LogP contribution is 2.13. The second kappa shape index (κ2) is 5.07. The predicted molar refractivity (Wildman–Crippen MR) is 55.3 cm³/mol. The molecule has 1 aromatic heterocycles. The Hall–Kier alpha value is -0.770. The lowest BCUT2D eigenvalue weighted by molar-refractivity contribution is 0.834. The second-order valence-electron chi connectivity index (χ2n) is 2.73. The minimum atomic E-state index is -0.234. The van der Waals surface area contributed by atoms with Crippen molar-refractivity contribution in [2.45, 2.75) is 31.7 Å². The topological polar surface area (TPSA) is 45.8 Å². The van der Waals surface area contributed by atoms with Crippen LogP contribution in [0.1, 0.15) is 26.0 Å². The van der Waals surface area contributed by atoms with Gasteiger partial charge in [-0.05, 0) is 18.2 Å². The molecule has 0 aliphatic rings. The second-order valence-corrected chi connectivity index (χ2v) is 4.02. The molecule has 3 nitrogen and oxygen atoms in total. The third-order valence-electron chi connectivity index (χ3n) is 1.59. The van der Waals surface area contributed by atoms with Gasteiger partial charge in [-0.1, -0.05) is 20.3 Å². The number of aromatic amines is 1. The highest BCUT2D eigenvalue weighted by Gasteiger charge is 1.99. The number of nitrogens with zero attached hydrogens (tertiary/aromatic N) is 1. The minimum Gasteiger partial charge on any atom is -0.310 e. The fourth-order valence-electron chi connectivity index (χ4n) is 1.11. The first-order valence-corrected chi connectivity index (χ1v) is 5.47. The lowest BCUT2D eigenvalue weighted by Gasteiger charge is -2.00. The van der Waals surface area contributed by atoms with Gasteiger partial charge >= 0.3 is 5.69 Å². The lowest BCUT2D eigenvalue weighted by atomic mass is 10.2. The molecule has 72 valence electrons. The zero-order valence-corrected chi connectivity index (χ0v) is 8.78. The third-order valence-corrected chi connectivity index (χ3v) is 2.38. The van der Waals surface area contributed by atoms with Gasteiger partial charge in [0.05, 0.1) is 0 Å². The van der Waals surface area contributed by atoms with E-state index >= 15 is 0 Å². The van der Waals surface area contributed by atoms with E-state index in [4.69, 9.17) is 0 Å². The molecule has 0 aliphatic carbocycles. The number of hydrogen-bond acceptors (Lipinski definition) is 3. The molecule has 1 aromatic rings. The summed E-state index contributed by atoms with van der Waals surface area (Å²) >= 11 is 1.60. The maximum Gasteiger partial charge on any atom is 0.346 e. The van der Waals surface area contributed by atoms with Gasteiger partial charge in [0.25, 0.3) is 0 Å². The fraction of sp³-hybridized carbons (Fsp3) is 0.556. The van der Waals surface area contributed by atoms with Crippen LogP contribution < -0.4 is 5.69 Å². The van der Waals surface area contributed by atoms with Crippen LogP contribution in [-0.2, 0) is 6.42 Å². The van der Waals surface area contributed by atoms with E-state index in [-0.39, 0.29) is 5.69 Å². The van der Waals surface area contributed by atoms with Crippen molar-refractivity contribution in [1.29, 1.82) is 0 Å².